The second-order valence-corrected chi connectivity index (χ2v) is 4.77. The van der Waals surface area contributed by atoms with E-state index in [1.807, 2.05) is 0 Å². The van der Waals surface area contributed by atoms with Crippen molar-refractivity contribution in [2.45, 2.75) is 20.8 Å². The maximum Gasteiger partial charge on any atom is 0.338 e. The van der Waals surface area contributed by atoms with E-state index in [0.29, 0.717) is 17.9 Å². The molecule has 1 aromatic carbocycles. The first-order valence-electron chi connectivity index (χ1n) is 6.94. The average molecular weight is 265 g/mol. The van der Waals surface area contributed by atoms with E-state index in [0.717, 1.165) is 30.7 Å². The van der Waals surface area contributed by atoms with Gasteiger partial charge in [0, 0.05) is 5.69 Å². The van der Waals surface area contributed by atoms with Crippen LogP contribution in [0.3, 0.4) is 0 Å². The summed E-state index contributed by atoms with van der Waals surface area (Å²) in [7, 11) is 0. The molecule has 0 atom stereocenters. The Bertz CT molecular complexity index is 389. The van der Waals surface area contributed by atoms with Gasteiger partial charge < -0.3 is 15.0 Å². The highest BCUT2D eigenvalue weighted by molar-refractivity contribution is 5.89. The zero-order valence-electron chi connectivity index (χ0n) is 12.2. The van der Waals surface area contributed by atoms with Crippen molar-refractivity contribution in [2.24, 2.45) is 0 Å². The van der Waals surface area contributed by atoms with Crippen LogP contribution in [0.1, 0.15) is 31.1 Å². The van der Waals surface area contributed by atoms with Crippen molar-refractivity contribution < 1.29 is 14.0 Å². The number of hydrogen-bond acceptors (Lipinski definition) is 3. The number of likely N-dealkylation sites (N-methyl/N-ethyl adjacent to an activating group) is 1. The van der Waals surface area contributed by atoms with Gasteiger partial charge in [0.1, 0.15) is 13.2 Å². The molecule has 0 saturated heterocycles. The van der Waals surface area contributed by atoms with Gasteiger partial charge in [-0.15, -0.1) is 0 Å². The fourth-order valence-corrected chi connectivity index (χ4v) is 2.18. The third-order valence-corrected chi connectivity index (χ3v) is 3.96. The van der Waals surface area contributed by atoms with Crippen LogP contribution in [0.4, 0.5) is 5.69 Å². The van der Waals surface area contributed by atoms with Gasteiger partial charge in [-0.1, -0.05) is 0 Å². The number of carbonyl (C=O) groups is 1. The lowest BCUT2D eigenvalue weighted by Gasteiger charge is -2.35. The monoisotopic (exact) mass is 265 g/mol. The fourth-order valence-electron chi connectivity index (χ4n) is 2.18. The Balaban J connectivity index is 2.48. The van der Waals surface area contributed by atoms with E-state index in [1.54, 1.807) is 24.3 Å². The third-order valence-electron chi connectivity index (χ3n) is 3.96. The molecule has 0 radical (unpaired) electrons. The number of esters is 1. The summed E-state index contributed by atoms with van der Waals surface area (Å²) in [4.78, 5) is 11.8. The Hall–Kier alpha value is -1.55. The summed E-state index contributed by atoms with van der Waals surface area (Å²) >= 11 is 0. The number of nitrogens with zero attached hydrogens (tertiary/aromatic N) is 1. The molecular weight excluding hydrogens is 240 g/mol. The molecule has 0 unspecified atom stereocenters. The summed E-state index contributed by atoms with van der Waals surface area (Å²) < 4.78 is 6.31. The van der Waals surface area contributed by atoms with E-state index in [2.05, 4.69) is 20.8 Å². The maximum absolute atomic E-state index is 11.8. The summed E-state index contributed by atoms with van der Waals surface area (Å²) in [5.41, 5.74) is 6.78. The van der Waals surface area contributed by atoms with Crippen LogP contribution in [0.2, 0.25) is 0 Å². The van der Waals surface area contributed by atoms with Crippen molar-refractivity contribution in [1.29, 1.82) is 0 Å². The topological polar surface area (TPSA) is 52.3 Å². The maximum atomic E-state index is 11.8. The quantitative estimate of drug-likeness (QED) is 0.467. The summed E-state index contributed by atoms with van der Waals surface area (Å²) in [6, 6.07) is 6.81. The molecule has 2 N–H and O–H groups in total. The minimum Gasteiger partial charge on any atom is -0.456 e. The predicted octanol–water partition coefficient (Wildman–Crippen LogP) is 2.30. The molecule has 0 aromatic heterocycles. The Morgan fingerprint density at radius 3 is 2.11 bits per heavy atom. The lowest BCUT2D eigenvalue weighted by atomic mass is 10.2. The number of rotatable bonds is 7. The number of benzene rings is 1. The van der Waals surface area contributed by atoms with Gasteiger partial charge in [-0.3, -0.25) is 0 Å². The van der Waals surface area contributed by atoms with Crippen LogP contribution in [-0.2, 0) is 4.74 Å². The molecule has 106 valence electrons. The van der Waals surface area contributed by atoms with Gasteiger partial charge in [0.15, 0.2) is 0 Å². The van der Waals surface area contributed by atoms with Gasteiger partial charge in [0.2, 0.25) is 0 Å². The Morgan fingerprint density at radius 2 is 1.63 bits per heavy atom. The average Bonchev–Trinajstić information content (AvgIpc) is 2.45. The molecule has 0 amide bonds. The molecule has 0 aliphatic rings. The molecule has 1 rings (SSSR count). The van der Waals surface area contributed by atoms with Gasteiger partial charge in [0.25, 0.3) is 0 Å². The molecule has 4 nitrogen and oxygen atoms in total. The van der Waals surface area contributed by atoms with E-state index in [9.17, 15) is 4.79 Å². The molecule has 0 heterocycles. The van der Waals surface area contributed by atoms with Crippen LogP contribution in [0.15, 0.2) is 24.3 Å². The SMILES string of the molecule is CC[N+](CC)(CC)CCOC(=O)c1ccc(N)cc1. The van der Waals surface area contributed by atoms with E-state index in [-0.39, 0.29) is 5.97 Å². The van der Waals surface area contributed by atoms with E-state index < -0.39 is 0 Å². The number of hydrogen-bond donors (Lipinski definition) is 1. The third kappa shape index (κ3) is 4.24. The Morgan fingerprint density at radius 1 is 1.11 bits per heavy atom. The van der Waals surface area contributed by atoms with Crippen LogP contribution < -0.4 is 5.73 Å². The molecular formula is C15H25N2O2+. The van der Waals surface area contributed by atoms with Gasteiger partial charge in [-0.25, -0.2) is 4.79 Å². The van der Waals surface area contributed by atoms with Crippen LogP contribution in [-0.4, -0.2) is 43.2 Å². The van der Waals surface area contributed by atoms with Crippen molar-refractivity contribution >= 4 is 11.7 Å². The zero-order valence-corrected chi connectivity index (χ0v) is 12.2. The lowest BCUT2D eigenvalue weighted by Crippen LogP contribution is -2.49. The van der Waals surface area contributed by atoms with Crippen LogP contribution >= 0.6 is 0 Å². The molecule has 0 spiro atoms. The number of nitrogen functional groups attached to an aromatic ring is 1. The van der Waals surface area contributed by atoms with Gasteiger partial charge in [-0.05, 0) is 45.0 Å². The van der Waals surface area contributed by atoms with Crippen LogP contribution in [0.25, 0.3) is 0 Å². The molecule has 0 fully saturated rings. The van der Waals surface area contributed by atoms with Gasteiger partial charge in [-0.2, -0.15) is 0 Å². The van der Waals surface area contributed by atoms with Crippen LogP contribution in [0.5, 0.6) is 0 Å². The number of ether oxygens (including phenoxy) is 1. The molecule has 0 aliphatic heterocycles. The van der Waals surface area contributed by atoms with Crippen molar-refractivity contribution in [2.75, 3.05) is 38.5 Å². The molecule has 0 aliphatic carbocycles. The van der Waals surface area contributed by atoms with Gasteiger partial charge in [0.05, 0.1) is 25.2 Å². The Labute approximate surface area is 115 Å². The van der Waals surface area contributed by atoms with Crippen molar-refractivity contribution in [1.82, 2.24) is 0 Å². The normalized spacial score (nSPS) is 11.3. The standard InChI is InChI=1S/C15H24N2O2/c1-4-17(5-2,6-3)11-12-19-15(18)13-7-9-14(16)10-8-13/h7-10H,4-6,11-12H2,1-3H3,(H-,16,18)/p+1. The lowest BCUT2D eigenvalue weighted by molar-refractivity contribution is -0.923. The number of anilines is 1. The predicted molar refractivity (Wildman–Crippen MR) is 77.9 cm³/mol. The molecule has 0 saturated carbocycles. The first-order valence-corrected chi connectivity index (χ1v) is 6.94. The summed E-state index contributed by atoms with van der Waals surface area (Å²) in [6.45, 7) is 11.0. The molecule has 1 aromatic rings. The molecule has 4 heteroatoms. The number of nitrogens with two attached hydrogens (primary N) is 1. The van der Waals surface area contributed by atoms with E-state index >= 15 is 0 Å². The van der Waals surface area contributed by atoms with E-state index in [4.69, 9.17) is 10.5 Å². The summed E-state index contributed by atoms with van der Waals surface area (Å²) in [6.07, 6.45) is 0. The second kappa shape index (κ2) is 7.14. The Kier molecular flexibility index (Phi) is 5.83. The first-order chi connectivity index (χ1) is 9.06. The first kappa shape index (κ1) is 15.5. The van der Waals surface area contributed by atoms with E-state index in [1.165, 1.54) is 0 Å². The van der Waals surface area contributed by atoms with Crippen LogP contribution in [0, 0.1) is 0 Å². The highest BCUT2D eigenvalue weighted by atomic mass is 16.5. The van der Waals surface area contributed by atoms with Crippen molar-refractivity contribution in [3.05, 3.63) is 29.8 Å². The summed E-state index contributed by atoms with van der Waals surface area (Å²) in [5.74, 6) is -0.276. The highest BCUT2D eigenvalue weighted by Gasteiger charge is 2.21. The minimum absolute atomic E-state index is 0.276. The van der Waals surface area contributed by atoms with Crippen molar-refractivity contribution in [3.63, 3.8) is 0 Å². The minimum atomic E-state index is -0.276. The van der Waals surface area contributed by atoms with Gasteiger partial charge >= 0.3 is 5.97 Å². The highest BCUT2D eigenvalue weighted by Crippen LogP contribution is 2.08. The fraction of sp³-hybridized carbons (Fsp3) is 0.533. The largest absolute Gasteiger partial charge is 0.456 e. The zero-order chi connectivity index (χ0) is 14.3. The summed E-state index contributed by atoms with van der Waals surface area (Å²) in [5, 5.41) is 0. The molecule has 19 heavy (non-hydrogen) atoms. The number of quaternary nitrogens is 1. The van der Waals surface area contributed by atoms with Crippen molar-refractivity contribution in [3.8, 4) is 0 Å². The number of carbonyl (C=O) groups excluding carboxylic acids is 1. The smallest absolute Gasteiger partial charge is 0.338 e. The second-order valence-electron chi connectivity index (χ2n) is 4.77. The molecule has 0 bridgehead atoms.